The Kier molecular flexibility index (Phi) is 3.89. The van der Waals surface area contributed by atoms with Gasteiger partial charge in [0.05, 0.1) is 18.9 Å². The molecule has 1 atom stereocenters. The number of nitrogens with zero attached hydrogens (tertiary/aromatic N) is 1. The van der Waals surface area contributed by atoms with Gasteiger partial charge in [-0.15, -0.1) is 11.6 Å². The third-order valence-electron chi connectivity index (χ3n) is 2.97. The molecule has 92 valence electrons. The fourth-order valence-electron chi connectivity index (χ4n) is 2.01. The zero-order chi connectivity index (χ0) is 12.3. The van der Waals surface area contributed by atoms with Crippen molar-refractivity contribution in [1.82, 2.24) is 4.90 Å². The molecule has 1 fully saturated rings. The topological polar surface area (TPSA) is 29.5 Å². The van der Waals surface area contributed by atoms with E-state index in [0.717, 1.165) is 24.3 Å². The molecule has 1 aliphatic heterocycles. The highest BCUT2D eigenvalue weighted by Gasteiger charge is 2.24. The minimum atomic E-state index is 0.115. The Morgan fingerprint density at radius 2 is 2.41 bits per heavy atom. The molecular weight excluding hydrogens is 238 g/mol. The molecule has 1 saturated heterocycles. The highest BCUT2D eigenvalue weighted by Crippen LogP contribution is 2.17. The van der Waals surface area contributed by atoms with E-state index in [2.05, 4.69) is 0 Å². The lowest BCUT2D eigenvalue weighted by atomic mass is 10.1. The van der Waals surface area contributed by atoms with Crippen molar-refractivity contribution in [3.63, 3.8) is 0 Å². The number of rotatable bonds is 3. The molecule has 1 aromatic rings. The summed E-state index contributed by atoms with van der Waals surface area (Å²) in [4.78, 5) is 13.8. The second-order valence-corrected chi connectivity index (χ2v) is 4.87. The summed E-state index contributed by atoms with van der Waals surface area (Å²) in [5, 5.41) is 0.115. The zero-order valence-electron chi connectivity index (χ0n) is 9.86. The molecular formula is C13H16ClNO2. The molecule has 0 saturated carbocycles. The molecule has 1 amide bonds. The van der Waals surface area contributed by atoms with Crippen molar-refractivity contribution in [1.29, 1.82) is 0 Å². The summed E-state index contributed by atoms with van der Waals surface area (Å²) in [6, 6.07) is 7.61. The van der Waals surface area contributed by atoms with Gasteiger partial charge in [0.25, 0.3) is 0 Å². The van der Waals surface area contributed by atoms with Crippen LogP contribution < -0.4 is 4.74 Å². The van der Waals surface area contributed by atoms with Gasteiger partial charge in [0, 0.05) is 13.1 Å². The smallest absolute Gasteiger partial charge is 0.227 e. The van der Waals surface area contributed by atoms with E-state index in [9.17, 15) is 4.79 Å². The Labute approximate surface area is 106 Å². The molecule has 0 N–H and O–H groups in total. The molecule has 0 bridgehead atoms. The van der Waals surface area contributed by atoms with Crippen LogP contribution in [0.15, 0.2) is 24.3 Å². The van der Waals surface area contributed by atoms with Crippen molar-refractivity contribution in [2.45, 2.75) is 18.2 Å². The summed E-state index contributed by atoms with van der Waals surface area (Å²) in [7, 11) is 1.62. The fourth-order valence-corrected chi connectivity index (χ4v) is 2.28. The summed E-state index contributed by atoms with van der Waals surface area (Å²) in [5.41, 5.74) is 0.979. The van der Waals surface area contributed by atoms with E-state index < -0.39 is 0 Å². The number of likely N-dealkylation sites (tertiary alicyclic amines) is 1. The Hall–Kier alpha value is -1.22. The second-order valence-electron chi connectivity index (χ2n) is 4.25. The molecule has 4 heteroatoms. The van der Waals surface area contributed by atoms with E-state index in [1.54, 1.807) is 7.11 Å². The van der Waals surface area contributed by atoms with Gasteiger partial charge >= 0.3 is 0 Å². The summed E-state index contributed by atoms with van der Waals surface area (Å²) in [5.74, 6) is 0.924. The molecule has 0 spiro atoms. The lowest BCUT2D eigenvalue weighted by Gasteiger charge is -2.15. The lowest BCUT2D eigenvalue weighted by molar-refractivity contribution is -0.129. The Balaban J connectivity index is 1.98. The molecule has 1 aromatic carbocycles. The number of halogens is 1. The Bertz CT molecular complexity index is 408. The lowest BCUT2D eigenvalue weighted by Crippen LogP contribution is -2.30. The normalized spacial score (nSPS) is 19.4. The molecule has 1 heterocycles. The quantitative estimate of drug-likeness (QED) is 0.772. The number of alkyl halides is 1. The maximum Gasteiger partial charge on any atom is 0.227 e. The number of carbonyl (C=O) groups excluding carboxylic acids is 1. The number of methoxy groups -OCH3 is 1. The van der Waals surface area contributed by atoms with Gasteiger partial charge in [-0.05, 0) is 24.1 Å². The molecule has 2 rings (SSSR count). The van der Waals surface area contributed by atoms with Gasteiger partial charge in [-0.25, -0.2) is 0 Å². The van der Waals surface area contributed by atoms with E-state index in [1.807, 2.05) is 29.2 Å². The first kappa shape index (κ1) is 12.2. The SMILES string of the molecule is COc1cccc(CC(=O)N2CCC(Cl)C2)c1. The summed E-state index contributed by atoms with van der Waals surface area (Å²) in [6.07, 6.45) is 1.31. The summed E-state index contributed by atoms with van der Waals surface area (Å²) < 4.78 is 5.13. The monoisotopic (exact) mass is 253 g/mol. The van der Waals surface area contributed by atoms with E-state index in [1.165, 1.54) is 0 Å². The Morgan fingerprint density at radius 1 is 1.59 bits per heavy atom. The highest BCUT2D eigenvalue weighted by atomic mass is 35.5. The third-order valence-corrected chi connectivity index (χ3v) is 3.33. The van der Waals surface area contributed by atoms with E-state index in [4.69, 9.17) is 16.3 Å². The van der Waals surface area contributed by atoms with Crippen LogP contribution in [0.1, 0.15) is 12.0 Å². The van der Waals surface area contributed by atoms with Crippen molar-refractivity contribution in [2.24, 2.45) is 0 Å². The predicted octanol–water partition coefficient (Wildman–Crippen LogP) is 2.08. The summed E-state index contributed by atoms with van der Waals surface area (Å²) >= 11 is 5.99. The van der Waals surface area contributed by atoms with Crippen molar-refractivity contribution in [3.05, 3.63) is 29.8 Å². The molecule has 3 nitrogen and oxygen atoms in total. The Morgan fingerprint density at radius 3 is 3.06 bits per heavy atom. The standard InChI is InChI=1S/C13H16ClNO2/c1-17-12-4-2-3-10(7-12)8-13(16)15-6-5-11(14)9-15/h2-4,7,11H,5-6,8-9H2,1H3. The number of hydrogen-bond donors (Lipinski definition) is 0. The van der Waals surface area contributed by atoms with Crippen molar-refractivity contribution >= 4 is 17.5 Å². The maximum atomic E-state index is 12.0. The first-order chi connectivity index (χ1) is 8.19. The van der Waals surface area contributed by atoms with Gasteiger partial charge < -0.3 is 9.64 Å². The van der Waals surface area contributed by atoms with Crippen molar-refractivity contribution in [3.8, 4) is 5.75 Å². The first-order valence-corrected chi connectivity index (χ1v) is 6.17. The first-order valence-electron chi connectivity index (χ1n) is 5.74. The van der Waals surface area contributed by atoms with Crippen LogP contribution in [0.2, 0.25) is 0 Å². The van der Waals surface area contributed by atoms with E-state index in [-0.39, 0.29) is 11.3 Å². The van der Waals surface area contributed by atoms with Crippen molar-refractivity contribution < 1.29 is 9.53 Å². The zero-order valence-corrected chi connectivity index (χ0v) is 10.6. The van der Waals surface area contributed by atoms with Gasteiger partial charge in [-0.1, -0.05) is 12.1 Å². The van der Waals surface area contributed by atoms with Gasteiger partial charge in [0.1, 0.15) is 5.75 Å². The number of carbonyl (C=O) groups is 1. The average molecular weight is 254 g/mol. The van der Waals surface area contributed by atoms with Crippen LogP contribution in [0.3, 0.4) is 0 Å². The van der Waals surface area contributed by atoms with Crippen LogP contribution in [0.25, 0.3) is 0 Å². The predicted molar refractivity (Wildman–Crippen MR) is 67.5 cm³/mol. The third kappa shape index (κ3) is 3.13. The minimum absolute atomic E-state index is 0.115. The van der Waals surface area contributed by atoms with Crippen LogP contribution in [-0.2, 0) is 11.2 Å². The van der Waals surface area contributed by atoms with Gasteiger partial charge in [-0.3, -0.25) is 4.79 Å². The van der Waals surface area contributed by atoms with Crippen LogP contribution in [-0.4, -0.2) is 36.4 Å². The van der Waals surface area contributed by atoms with Gasteiger partial charge in [0.2, 0.25) is 5.91 Å². The van der Waals surface area contributed by atoms with Crippen molar-refractivity contribution in [2.75, 3.05) is 20.2 Å². The van der Waals surface area contributed by atoms with Crippen LogP contribution in [0.5, 0.6) is 5.75 Å². The maximum absolute atomic E-state index is 12.0. The number of ether oxygens (including phenoxy) is 1. The highest BCUT2D eigenvalue weighted by molar-refractivity contribution is 6.21. The summed E-state index contributed by atoms with van der Waals surface area (Å²) in [6.45, 7) is 1.45. The van der Waals surface area contributed by atoms with Crippen LogP contribution >= 0.6 is 11.6 Å². The molecule has 17 heavy (non-hydrogen) atoms. The van der Waals surface area contributed by atoms with Gasteiger partial charge in [-0.2, -0.15) is 0 Å². The van der Waals surface area contributed by atoms with E-state index in [0.29, 0.717) is 13.0 Å². The largest absolute Gasteiger partial charge is 0.497 e. The second kappa shape index (κ2) is 5.41. The molecule has 0 aliphatic carbocycles. The molecule has 1 unspecified atom stereocenters. The molecule has 1 aliphatic rings. The molecule has 0 radical (unpaired) electrons. The number of amides is 1. The van der Waals surface area contributed by atoms with E-state index >= 15 is 0 Å². The fraction of sp³-hybridized carbons (Fsp3) is 0.462. The van der Waals surface area contributed by atoms with Crippen LogP contribution in [0, 0.1) is 0 Å². The average Bonchev–Trinajstić information content (AvgIpc) is 2.76. The number of benzene rings is 1. The van der Waals surface area contributed by atoms with Gasteiger partial charge in [0.15, 0.2) is 0 Å². The number of hydrogen-bond acceptors (Lipinski definition) is 2. The minimum Gasteiger partial charge on any atom is -0.497 e. The molecule has 0 aromatic heterocycles. The van der Waals surface area contributed by atoms with Crippen LogP contribution in [0.4, 0.5) is 0 Å².